The van der Waals surface area contributed by atoms with Crippen molar-refractivity contribution in [3.05, 3.63) is 94.5 Å². The maximum Gasteiger partial charge on any atom is 0.259 e. The van der Waals surface area contributed by atoms with Crippen molar-refractivity contribution in [2.45, 2.75) is 40.2 Å². The summed E-state index contributed by atoms with van der Waals surface area (Å²) < 4.78 is 0. The monoisotopic (exact) mass is 466 g/mol. The molecule has 2 heterocycles. The Morgan fingerprint density at radius 2 is 1.40 bits per heavy atom. The minimum Gasteiger partial charge on any atom is -0.368 e. The van der Waals surface area contributed by atoms with Gasteiger partial charge in [-0.2, -0.15) is 0 Å². The quantitative estimate of drug-likeness (QED) is 0.540. The van der Waals surface area contributed by atoms with E-state index in [4.69, 9.17) is 4.99 Å². The van der Waals surface area contributed by atoms with E-state index in [9.17, 15) is 4.79 Å². The van der Waals surface area contributed by atoms with Crippen molar-refractivity contribution in [1.29, 1.82) is 0 Å². The van der Waals surface area contributed by atoms with Gasteiger partial charge in [0.15, 0.2) is 0 Å². The number of benzene rings is 3. The first-order chi connectivity index (χ1) is 16.9. The highest BCUT2D eigenvalue weighted by molar-refractivity contribution is 6.22. The summed E-state index contributed by atoms with van der Waals surface area (Å²) >= 11 is 0. The van der Waals surface area contributed by atoms with Crippen LogP contribution in [0.15, 0.2) is 71.7 Å². The first-order valence-electron chi connectivity index (χ1n) is 12.5. The summed E-state index contributed by atoms with van der Waals surface area (Å²) in [6, 6.07) is 22.7. The zero-order valence-corrected chi connectivity index (χ0v) is 21.2. The molecule has 0 bridgehead atoms. The zero-order valence-electron chi connectivity index (χ0n) is 21.2. The van der Waals surface area contributed by atoms with Crippen molar-refractivity contribution in [2.24, 2.45) is 4.99 Å². The maximum absolute atomic E-state index is 13.7. The van der Waals surface area contributed by atoms with Gasteiger partial charge in [0, 0.05) is 38.3 Å². The van der Waals surface area contributed by atoms with Gasteiger partial charge in [-0.3, -0.25) is 4.79 Å². The van der Waals surface area contributed by atoms with Gasteiger partial charge in [0.25, 0.3) is 5.91 Å². The van der Waals surface area contributed by atoms with Crippen LogP contribution in [0.1, 0.15) is 27.8 Å². The molecule has 35 heavy (non-hydrogen) atoms. The molecule has 5 rings (SSSR count). The van der Waals surface area contributed by atoms with E-state index < -0.39 is 6.04 Å². The van der Waals surface area contributed by atoms with E-state index >= 15 is 0 Å². The third kappa shape index (κ3) is 4.68. The summed E-state index contributed by atoms with van der Waals surface area (Å²) in [5.74, 6) is 0.858. The van der Waals surface area contributed by atoms with Gasteiger partial charge in [-0.15, -0.1) is 0 Å². The van der Waals surface area contributed by atoms with Gasteiger partial charge >= 0.3 is 0 Å². The molecule has 3 aromatic rings. The van der Waals surface area contributed by atoms with Crippen molar-refractivity contribution in [3.8, 4) is 0 Å². The lowest BCUT2D eigenvalue weighted by Crippen LogP contribution is -2.53. The molecule has 1 saturated heterocycles. The van der Waals surface area contributed by atoms with Gasteiger partial charge < -0.3 is 9.80 Å². The standard InChI is InChI=1S/C30H34N4O/c1-21-11-13-27(24(4)18-21)34-29(35)26(20-25-8-6-5-7-9-25)31-30(34)33-16-14-32(15-17-33)28-19-22(2)10-12-23(28)3/h5-13,18-19,26H,14-17,20H2,1-4H3. The Kier molecular flexibility index (Phi) is 6.33. The summed E-state index contributed by atoms with van der Waals surface area (Å²) in [6.45, 7) is 12.0. The lowest BCUT2D eigenvalue weighted by atomic mass is 10.1. The molecule has 1 amide bonds. The number of hydrogen-bond donors (Lipinski definition) is 0. The van der Waals surface area contributed by atoms with Gasteiger partial charge in [-0.1, -0.05) is 60.2 Å². The first-order valence-corrected chi connectivity index (χ1v) is 12.5. The van der Waals surface area contributed by atoms with Crippen LogP contribution in [-0.4, -0.2) is 49.0 Å². The molecule has 5 heteroatoms. The van der Waals surface area contributed by atoms with Crippen molar-refractivity contribution in [1.82, 2.24) is 4.90 Å². The number of guanidine groups is 1. The molecule has 180 valence electrons. The number of amides is 1. The molecular weight excluding hydrogens is 432 g/mol. The molecule has 1 unspecified atom stereocenters. The molecule has 2 aliphatic rings. The van der Waals surface area contributed by atoms with E-state index in [1.54, 1.807) is 0 Å². The lowest BCUT2D eigenvalue weighted by molar-refractivity contribution is -0.118. The number of carbonyl (C=O) groups excluding carboxylic acids is 1. The summed E-state index contributed by atoms with van der Waals surface area (Å²) in [5, 5.41) is 0. The molecule has 0 N–H and O–H groups in total. The number of anilines is 2. The van der Waals surface area contributed by atoms with Crippen LogP contribution >= 0.6 is 0 Å². The lowest BCUT2D eigenvalue weighted by Gasteiger charge is -2.39. The van der Waals surface area contributed by atoms with Gasteiger partial charge in [-0.05, 0) is 62.1 Å². The molecule has 3 aromatic carbocycles. The highest BCUT2D eigenvalue weighted by Crippen LogP contribution is 2.30. The molecule has 2 aliphatic heterocycles. The van der Waals surface area contributed by atoms with E-state index in [2.05, 4.69) is 86.0 Å². The Hall–Kier alpha value is -3.60. The molecule has 1 atom stereocenters. The molecule has 5 nitrogen and oxygen atoms in total. The van der Waals surface area contributed by atoms with Crippen LogP contribution in [0.25, 0.3) is 0 Å². The third-order valence-corrected chi connectivity index (χ3v) is 7.11. The predicted molar refractivity (Wildman–Crippen MR) is 144 cm³/mol. The van der Waals surface area contributed by atoms with Crippen molar-refractivity contribution >= 4 is 23.2 Å². The van der Waals surface area contributed by atoms with E-state index in [0.29, 0.717) is 6.42 Å². The highest BCUT2D eigenvalue weighted by Gasteiger charge is 2.39. The van der Waals surface area contributed by atoms with Gasteiger partial charge in [-0.25, -0.2) is 9.89 Å². The van der Waals surface area contributed by atoms with Gasteiger partial charge in [0.05, 0.1) is 5.69 Å². The summed E-state index contributed by atoms with van der Waals surface area (Å²) in [7, 11) is 0. The highest BCUT2D eigenvalue weighted by atomic mass is 16.2. The fraction of sp³-hybridized carbons (Fsp3) is 0.333. The number of nitrogens with zero attached hydrogens (tertiary/aromatic N) is 4. The number of piperazine rings is 1. The van der Waals surface area contributed by atoms with E-state index in [1.165, 1.54) is 22.4 Å². The molecule has 0 saturated carbocycles. The average molecular weight is 467 g/mol. The van der Waals surface area contributed by atoms with Crippen molar-refractivity contribution in [2.75, 3.05) is 36.0 Å². The van der Waals surface area contributed by atoms with Crippen LogP contribution in [0, 0.1) is 27.7 Å². The van der Waals surface area contributed by atoms with Crippen LogP contribution in [0.4, 0.5) is 11.4 Å². The fourth-order valence-electron chi connectivity index (χ4n) is 5.18. The second-order valence-corrected chi connectivity index (χ2v) is 9.86. The maximum atomic E-state index is 13.7. The van der Waals surface area contributed by atoms with Gasteiger partial charge in [0.1, 0.15) is 6.04 Å². The zero-order chi connectivity index (χ0) is 24.5. The Morgan fingerprint density at radius 1 is 0.743 bits per heavy atom. The first kappa shape index (κ1) is 23.2. The SMILES string of the molecule is Cc1ccc(N2C(=O)C(Cc3ccccc3)N=C2N2CCN(c3cc(C)ccc3C)CC2)c(C)c1. The summed E-state index contributed by atoms with van der Waals surface area (Å²) in [5.41, 5.74) is 8.26. The second-order valence-electron chi connectivity index (χ2n) is 9.86. The average Bonchev–Trinajstić information content (AvgIpc) is 3.17. The topological polar surface area (TPSA) is 39.2 Å². The molecule has 0 aromatic heterocycles. The van der Waals surface area contributed by atoms with Crippen molar-refractivity contribution < 1.29 is 4.79 Å². The van der Waals surface area contributed by atoms with E-state index in [0.717, 1.165) is 49.0 Å². The second kappa shape index (κ2) is 9.57. The smallest absolute Gasteiger partial charge is 0.259 e. The Labute approximate surface area is 208 Å². The molecule has 0 spiro atoms. The molecule has 0 radical (unpaired) electrons. The van der Waals surface area contributed by atoms with E-state index in [1.807, 2.05) is 23.1 Å². The third-order valence-electron chi connectivity index (χ3n) is 7.11. The van der Waals surface area contributed by atoms with Crippen LogP contribution in [0.2, 0.25) is 0 Å². The Morgan fingerprint density at radius 3 is 2.11 bits per heavy atom. The van der Waals surface area contributed by atoms with Crippen LogP contribution in [-0.2, 0) is 11.2 Å². The van der Waals surface area contributed by atoms with Crippen LogP contribution < -0.4 is 9.80 Å². The summed E-state index contributed by atoms with van der Waals surface area (Å²) in [6.07, 6.45) is 0.618. The normalized spacial score (nSPS) is 18.3. The van der Waals surface area contributed by atoms with Crippen LogP contribution in [0.5, 0.6) is 0 Å². The Balaban J connectivity index is 1.42. The largest absolute Gasteiger partial charge is 0.368 e. The van der Waals surface area contributed by atoms with Gasteiger partial charge in [0.2, 0.25) is 5.96 Å². The van der Waals surface area contributed by atoms with Crippen LogP contribution in [0.3, 0.4) is 0 Å². The number of aliphatic imine (C=N–C) groups is 1. The molecule has 0 aliphatic carbocycles. The molecular formula is C30H34N4O. The minimum absolute atomic E-state index is 0.0627. The van der Waals surface area contributed by atoms with Crippen molar-refractivity contribution in [3.63, 3.8) is 0 Å². The predicted octanol–water partition coefficient (Wildman–Crippen LogP) is 5.06. The number of aryl methyl sites for hydroxylation is 4. The minimum atomic E-state index is -0.398. The van der Waals surface area contributed by atoms with E-state index in [-0.39, 0.29) is 5.91 Å². The fourth-order valence-corrected chi connectivity index (χ4v) is 5.18. The number of hydrogen-bond acceptors (Lipinski definition) is 4. The molecule has 1 fully saturated rings. The summed E-state index contributed by atoms with van der Waals surface area (Å²) in [4.78, 5) is 25.4. The number of carbonyl (C=O) groups is 1. The Bertz CT molecular complexity index is 1260. The number of rotatable bonds is 4.